The first kappa shape index (κ1) is 27.8. The van der Waals surface area contributed by atoms with Crippen molar-refractivity contribution in [2.75, 3.05) is 25.1 Å². The number of methoxy groups -OCH3 is 1. The van der Waals surface area contributed by atoms with Crippen molar-refractivity contribution >= 4 is 47.5 Å². The number of aromatic nitrogens is 2. The van der Waals surface area contributed by atoms with Crippen molar-refractivity contribution in [2.45, 2.75) is 31.5 Å². The maximum absolute atomic E-state index is 13.5. The van der Waals surface area contributed by atoms with Crippen LogP contribution in [0.15, 0.2) is 72.9 Å². The Morgan fingerprint density at radius 3 is 2.65 bits per heavy atom. The molecule has 1 unspecified atom stereocenters. The van der Waals surface area contributed by atoms with Gasteiger partial charge in [0, 0.05) is 0 Å². The molecule has 1 N–H and O–H groups in total. The number of nitrogens with zero attached hydrogens (tertiary/aromatic N) is 3. The molecule has 207 valence electrons. The second kappa shape index (κ2) is 11.8. The van der Waals surface area contributed by atoms with Crippen LogP contribution in [0.3, 0.4) is 0 Å². The number of fused-ring (bicyclic) bond motifs is 2. The summed E-state index contributed by atoms with van der Waals surface area (Å²) in [6.07, 6.45) is -1.49. The molecule has 3 aromatic carbocycles. The zero-order valence-electron chi connectivity index (χ0n) is 21.7. The van der Waals surface area contributed by atoms with Crippen LogP contribution in [-0.4, -0.2) is 62.6 Å². The molecule has 11 heteroatoms. The fourth-order valence-electron chi connectivity index (χ4n) is 5.01. The number of halogens is 3. The van der Waals surface area contributed by atoms with E-state index in [9.17, 15) is 22.8 Å². The zero-order valence-corrected chi connectivity index (χ0v) is 23.6. The average Bonchev–Trinajstić information content (AvgIpc) is 3.38. The van der Waals surface area contributed by atoms with Crippen LogP contribution in [0.25, 0.3) is 10.9 Å². The van der Waals surface area contributed by atoms with Crippen molar-refractivity contribution in [3.8, 4) is 0 Å². The first-order chi connectivity index (χ1) is 19.2. The van der Waals surface area contributed by atoms with Crippen LogP contribution < -0.4 is 14.6 Å². The van der Waals surface area contributed by atoms with E-state index in [-0.39, 0.29) is 10.7 Å². The Morgan fingerprint density at radius 2 is 1.90 bits per heavy atom. The van der Waals surface area contributed by atoms with Gasteiger partial charge < -0.3 is 0 Å². The molecule has 1 radical (unpaired) electrons. The second-order valence-electron chi connectivity index (χ2n) is 9.58. The molecule has 0 aliphatic carbocycles. The molecule has 0 saturated carbocycles. The molecule has 0 saturated heterocycles. The minimum atomic E-state index is -4.43. The molecule has 1 amide bonds. The summed E-state index contributed by atoms with van der Waals surface area (Å²) in [6.45, 7) is 0.982. The van der Waals surface area contributed by atoms with Gasteiger partial charge in [-0.15, -0.1) is 0 Å². The molecule has 1 aromatic heterocycles. The fraction of sp³-hybridized carbons (Fsp3) is 0.276. The summed E-state index contributed by atoms with van der Waals surface area (Å²) in [7, 11) is 1.27. The number of aryl methyl sites for hydroxylation is 1. The van der Waals surface area contributed by atoms with Crippen molar-refractivity contribution in [3.63, 3.8) is 0 Å². The Labute approximate surface area is 236 Å². The summed E-state index contributed by atoms with van der Waals surface area (Å²) in [5.41, 5.74) is 2.41. The first-order valence-electron chi connectivity index (χ1n) is 12.8. The van der Waals surface area contributed by atoms with Gasteiger partial charge in [-0.2, -0.15) is 0 Å². The third-order valence-corrected chi connectivity index (χ3v) is 8.91. The molecule has 4 aromatic rings. The number of carbonyl (C=O) groups excluding carboxylic acids is 2. The van der Waals surface area contributed by atoms with Crippen molar-refractivity contribution in [3.05, 3.63) is 89.6 Å². The predicted molar refractivity (Wildman–Crippen MR) is 147 cm³/mol. The van der Waals surface area contributed by atoms with Crippen LogP contribution in [0.1, 0.15) is 23.1 Å². The Balaban J connectivity index is 1.31. The Bertz CT molecular complexity index is 1520. The number of hydrogen-bond donors (Lipinski definition) is 1. The SMILES string of the molecule is COC(=O)n1ncc2c([As]C(=O)NC3Cc4ccc(C(F)(F)F)cc4N(CCCc4ccccc4)C3)cccc21. The van der Waals surface area contributed by atoms with Crippen LogP contribution in [0.4, 0.5) is 28.4 Å². The molecular formula is C29H27AsF3N4O3. The third kappa shape index (κ3) is 6.17. The Hall–Kier alpha value is -3.78. The number of nitrogens with one attached hydrogen (secondary N) is 1. The number of carbonyl (C=O) groups is 2. The van der Waals surface area contributed by atoms with Crippen LogP contribution in [-0.2, 0) is 23.8 Å². The number of hydrogen-bond acceptors (Lipinski definition) is 5. The van der Waals surface area contributed by atoms with E-state index in [0.717, 1.165) is 33.5 Å². The first-order valence-corrected chi connectivity index (χ1v) is 14.7. The monoisotopic (exact) mass is 611 g/mol. The van der Waals surface area contributed by atoms with Gasteiger partial charge in [0.05, 0.1) is 0 Å². The van der Waals surface area contributed by atoms with E-state index in [0.29, 0.717) is 36.1 Å². The van der Waals surface area contributed by atoms with Gasteiger partial charge in [-0.25, -0.2) is 0 Å². The van der Waals surface area contributed by atoms with E-state index in [1.54, 1.807) is 18.3 Å². The summed E-state index contributed by atoms with van der Waals surface area (Å²) >= 11 is -0.966. The van der Waals surface area contributed by atoms with Gasteiger partial charge in [-0.05, 0) is 0 Å². The van der Waals surface area contributed by atoms with Crippen molar-refractivity contribution in [1.82, 2.24) is 15.1 Å². The summed E-state index contributed by atoms with van der Waals surface area (Å²) in [5.74, 6) is 0. The van der Waals surface area contributed by atoms with Gasteiger partial charge in [0.2, 0.25) is 0 Å². The van der Waals surface area contributed by atoms with Gasteiger partial charge in [-0.1, -0.05) is 0 Å². The van der Waals surface area contributed by atoms with Crippen LogP contribution in [0, 0.1) is 0 Å². The van der Waals surface area contributed by atoms with Gasteiger partial charge in [-0.3, -0.25) is 0 Å². The molecule has 1 aliphatic rings. The summed E-state index contributed by atoms with van der Waals surface area (Å²) in [4.78, 5) is 27.1. The molecule has 5 rings (SSSR count). The molecule has 0 spiro atoms. The standard InChI is InChI=1S/C29H27AsF3N4O3/c1-40-28(39)37-25-11-5-10-24(23(25)17-34-37)30-27(38)35-22-15-20-12-13-21(29(31,32)33)16-26(20)36(18-22)14-6-9-19-7-3-2-4-8-19/h2-5,7-8,10-13,16-17,22H,6,9,14-15,18H2,1H3,(H,35,38). The number of amides is 1. The summed E-state index contributed by atoms with van der Waals surface area (Å²) < 4.78 is 47.0. The number of alkyl halides is 3. The molecule has 1 atom stereocenters. The third-order valence-electron chi connectivity index (χ3n) is 6.88. The Kier molecular flexibility index (Phi) is 8.16. The topological polar surface area (TPSA) is 76.5 Å². The summed E-state index contributed by atoms with van der Waals surface area (Å²) in [6, 6.07) is 18.9. The number of anilines is 1. The number of benzene rings is 3. The van der Waals surface area contributed by atoms with Crippen LogP contribution in [0.5, 0.6) is 0 Å². The van der Waals surface area contributed by atoms with E-state index < -0.39 is 33.6 Å². The normalized spacial score (nSPS) is 15.4. The number of rotatable bonds is 7. The number of ether oxygens (including phenoxy) is 1. The quantitative estimate of drug-likeness (QED) is 0.305. The van der Waals surface area contributed by atoms with Gasteiger partial charge in [0.25, 0.3) is 0 Å². The molecular weight excluding hydrogens is 584 g/mol. The maximum atomic E-state index is 13.5. The molecule has 7 nitrogen and oxygen atoms in total. The molecule has 1 aliphatic heterocycles. The van der Waals surface area contributed by atoms with E-state index in [4.69, 9.17) is 4.74 Å². The van der Waals surface area contributed by atoms with E-state index in [2.05, 4.69) is 10.4 Å². The van der Waals surface area contributed by atoms with Crippen molar-refractivity contribution in [2.24, 2.45) is 0 Å². The zero-order chi connectivity index (χ0) is 28.3. The molecule has 0 bridgehead atoms. The van der Waals surface area contributed by atoms with Crippen molar-refractivity contribution in [1.29, 1.82) is 0 Å². The van der Waals surface area contributed by atoms with E-state index in [1.165, 1.54) is 24.8 Å². The molecule has 40 heavy (non-hydrogen) atoms. The fourth-order valence-corrected chi connectivity index (χ4v) is 6.94. The van der Waals surface area contributed by atoms with Crippen molar-refractivity contribution < 1.29 is 27.5 Å². The minimum absolute atomic E-state index is 0.126. The Morgan fingerprint density at radius 1 is 1.10 bits per heavy atom. The molecule has 2 heterocycles. The van der Waals surface area contributed by atoms with Crippen LogP contribution in [0.2, 0.25) is 0 Å². The van der Waals surface area contributed by atoms with Gasteiger partial charge >= 0.3 is 236 Å². The predicted octanol–water partition coefficient (Wildman–Crippen LogP) is 4.77. The molecule has 0 fully saturated rings. The van der Waals surface area contributed by atoms with E-state index in [1.807, 2.05) is 41.3 Å². The van der Waals surface area contributed by atoms with Gasteiger partial charge in [0.1, 0.15) is 0 Å². The summed E-state index contributed by atoms with van der Waals surface area (Å²) in [5, 5.41) is 7.92. The van der Waals surface area contributed by atoms with E-state index >= 15 is 0 Å². The average molecular weight is 611 g/mol. The van der Waals surface area contributed by atoms with Crippen LogP contribution >= 0.6 is 0 Å². The van der Waals surface area contributed by atoms with Gasteiger partial charge in [0.15, 0.2) is 0 Å². The second-order valence-corrected chi connectivity index (χ2v) is 11.9.